The highest BCUT2D eigenvalue weighted by molar-refractivity contribution is 7.89. The van der Waals surface area contributed by atoms with E-state index in [1.54, 1.807) is 24.3 Å². The van der Waals surface area contributed by atoms with Gasteiger partial charge in [-0.15, -0.1) is 0 Å². The van der Waals surface area contributed by atoms with Crippen LogP contribution in [0.25, 0.3) is 0 Å². The minimum atomic E-state index is -3.82. The van der Waals surface area contributed by atoms with Gasteiger partial charge in [-0.05, 0) is 42.8 Å². The van der Waals surface area contributed by atoms with E-state index in [0.29, 0.717) is 18.1 Å². The molecule has 0 aliphatic carbocycles. The first-order valence-corrected chi connectivity index (χ1v) is 9.41. The number of hydrogen-bond donors (Lipinski definition) is 2. The van der Waals surface area contributed by atoms with E-state index in [-0.39, 0.29) is 17.2 Å². The van der Waals surface area contributed by atoms with Gasteiger partial charge in [-0.1, -0.05) is 6.92 Å². The number of ether oxygens (including phenoxy) is 1. The van der Waals surface area contributed by atoms with Crippen molar-refractivity contribution in [3.05, 3.63) is 48.4 Å². The van der Waals surface area contributed by atoms with Crippen molar-refractivity contribution in [2.75, 3.05) is 13.7 Å². The molecule has 136 valence electrons. The number of hydrogen-bond acceptors (Lipinski definition) is 5. The summed E-state index contributed by atoms with van der Waals surface area (Å²) < 4.78 is 38.1. The van der Waals surface area contributed by atoms with Gasteiger partial charge in [0.15, 0.2) is 0 Å². The summed E-state index contributed by atoms with van der Waals surface area (Å²) in [5, 5.41) is 2.73. The minimum Gasteiger partial charge on any atom is -0.497 e. The summed E-state index contributed by atoms with van der Waals surface area (Å²) in [5.41, 5.74) is 0. The second kappa shape index (κ2) is 8.68. The Labute approximate surface area is 147 Å². The molecule has 2 rings (SSSR count). The lowest BCUT2D eigenvalue weighted by molar-refractivity contribution is -0.121. The highest BCUT2D eigenvalue weighted by atomic mass is 32.2. The molecule has 0 aliphatic rings. The summed E-state index contributed by atoms with van der Waals surface area (Å²) in [6.07, 6.45) is 2.19. The third-order valence-electron chi connectivity index (χ3n) is 3.52. The van der Waals surface area contributed by atoms with Crippen molar-refractivity contribution in [1.82, 2.24) is 10.0 Å². The first kappa shape index (κ1) is 19.0. The normalized spacial score (nSPS) is 12.6. The molecule has 0 saturated heterocycles. The fourth-order valence-corrected chi connectivity index (χ4v) is 3.43. The lowest BCUT2D eigenvalue weighted by Gasteiger charge is -2.17. The Morgan fingerprint density at radius 1 is 1.24 bits per heavy atom. The molecule has 1 heterocycles. The largest absolute Gasteiger partial charge is 0.497 e. The number of amides is 1. The van der Waals surface area contributed by atoms with Gasteiger partial charge in [-0.2, -0.15) is 4.72 Å². The molecule has 8 heteroatoms. The van der Waals surface area contributed by atoms with Crippen LogP contribution in [0.2, 0.25) is 0 Å². The molecule has 1 aromatic carbocycles. The van der Waals surface area contributed by atoms with Gasteiger partial charge in [0.25, 0.3) is 0 Å². The molecule has 25 heavy (non-hydrogen) atoms. The molecule has 1 aromatic heterocycles. The Kier molecular flexibility index (Phi) is 6.60. The molecule has 0 spiro atoms. The van der Waals surface area contributed by atoms with Gasteiger partial charge in [-0.25, -0.2) is 8.42 Å². The number of nitrogens with one attached hydrogen (secondary N) is 2. The van der Waals surface area contributed by atoms with Crippen molar-refractivity contribution >= 4 is 15.9 Å². The Hall–Kier alpha value is -2.32. The number of carbonyl (C=O) groups excluding carboxylic acids is 1. The molecule has 0 unspecified atom stereocenters. The number of benzene rings is 1. The summed E-state index contributed by atoms with van der Waals surface area (Å²) in [4.78, 5) is 12.1. The zero-order chi connectivity index (χ0) is 18.3. The first-order valence-electron chi connectivity index (χ1n) is 7.92. The number of furan rings is 1. The second-order valence-corrected chi connectivity index (χ2v) is 7.13. The smallest absolute Gasteiger partial charge is 0.241 e. The van der Waals surface area contributed by atoms with Crippen LogP contribution in [0.5, 0.6) is 5.75 Å². The van der Waals surface area contributed by atoms with Crippen LogP contribution in [0.3, 0.4) is 0 Å². The molecule has 0 radical (unpaired) electrons. The predicted octanol–water partition coefficient (Wildman–Crippen LogP) is 2.22. The topological polar surface area (TPSA) is 97.6 Å². The van der Waals surface area contributed by atoms with Crippen molar-refractivity contribution in [2.24, 2.45) is 0 Å². The standard InChI is InChI=1S/C17H22N2O5S/c1-3-10-18-17(20)12-15(16-5-4-11-24-16)19-25(21,22)14-8-6-13(23-2)7-9-14/h4-9,11,15,19H,3,10,12H2,1-2H3,(H,18,20)/t15-/m0/s1. The second-order valence-electron chi connectivity index (χ2n) is 5.42. The third-order valence-corrected chi connectivity index (χ3v) is 5.00. The van der Waals surface area contributed by atoms with Crippen LogP contribution < -0.4 is 14.8 Å². The van der Waals surface area contributed by atoms with E-state index >= 15 is 0 Å². The molecular formula is C17H22N2O5S. The van der Waals surface area contributed by atoms with Gasteiger partial charge in [0.1, 0.15) is 11.5 Å². The molecule has 2 N–H and O–H groups in total. The molecule has 0 fully saturated rings. The SMILES string of the molecule is CCCNC(=O)C[C@H](NS(=O)(=O)c1ccc(OC)cc1)c1ccco1. The summed E-state index contributed by atoms with van der Waals surface area (Å²) in [5.74, 6) is 0.685. The maximum Gasteiger partial charge on any atom is 0.241 e. The van der Waals surface area contributed by atoms with E-state index in [9.17, 15) is 13.2 Å². The highest BCUT2D eigenvalue weighted by Crippen LogP contribution is 2.22. The molecule has 0 saturated carbocycles. The van der Waals surface area contributed by atoms with Crippen LogP contribution in [-0.4, -0.2) is 28.0 Å². The molecule has 0 bridgehead atoms. The molecule has 1 atom stereocenters. The van der Waals surface area contributed by atoms with Crippen molar-refractivity contribution in [3.8, 4) is 5.75 Å². The van der Waals surface area contributed by atoms with Crippen LogP contribution in [0.15, 0.2) is 52.0 Å². The Bertz CT molecular complexity index is 770. The van der Waals surface area contributed by atoms with Crippen LogP contribution in [0.1, 0.15) is 31.6 Å². The van der Waals surface area contributed by atoms with Crippen molar-refractivity contribution in [2.45, 2.75) is 30.7 Å². The van der Waals surface area contributed by atoms with Gasteiger partial charge in [0.2, 0.25) is 15.9 Å². The molecular weight excluding hydrogens is 344 g/mol. The van der Waals surface area contributed by atoms with E-state index in [2.05, 4.69) is 10.0 Å². The summed E-state index contributed by atoms with van der Waals surface area (Å²) >= 11 is 0. The lowest BCUT2D eigenvalue weighted by Crippen LogP contribution is -2.33. The predicted molar refractivity (Wildman–Crippen MR) is 92.7 cm³/mol. The van der Waals surface area contributed by atoms with Crippen molar-refractivity contribution in [3.63, 3.8) is 0 Å². The molecule has 7 nitrogen and oxygen atoms in total. The Morgan fingerprint density at radius 2 is 1.96 bits per heavy atom. The van der Waals surface area contributed by atoms with Crippen molar-refractivity contribution in [1.29, 1.82) is 0 Å². The maximum atomic E-state index is 12.6. The van der Waals surface area contributed by atoms with Gasteiger partial charge in [0.05, 0.1) is 30.7 Å². The van der Waals surface area contributed by atoms with Crippen LogP contribution >= 0.6 is 0 Å². The van der Waals surface area contributed by atoms with Gasteiger partial charge < -0.3 is 14.5 Å². The quantitative estimate of drug-likeness (QED) is 0.709. The monoisotopic (exact) mass is 366 g/mol. The van der Waals surface area contributed by atoms with Crippen LogP contribution in [0.4, 0.5) is 0 Å². The lowest BCUT2D eigenvalue weighted by atomic mass is 10.1. The van der Waals surface area contributed by atoms with E-state index in [1.165, 1.54) is 25.5 Å². The zero-order valence-electron chi connectivity index (χ0n) is 14.2. The average molecular weight is 366 g/mol. The van der Waals surface area contributed by atoms with Gasteiger partial charge in [0, 0.05) is 6.54 Å². The summed E-state index contributed by atoms with van der Waals surface area (Å²) in [6, 6.07) is 8.49. The molecule has 2 aromatic rings. The summed E-state index contributed by atoms with van der Waals surface area (Å²) in [6.45, 7) is 2.48. The molecule has 1 amide bonds. The highest BCUT2D eigenvalue weighted by Gasteiger charge is 2.25. The fourth-order valence-electron chi connectivity index (χ4n) is 2.22. The Balaban J connectivity index is 2.18. The van der Waals surface area contributed by atoms with E-state index in [1.807, 2.05) is 6.92 Å². The fraction of sp³-hybridized carbons (Fsp3) is 0.353. The zero-order valence-corrected chi connectivity index (χ0v) is 15.0. The van der Waals surface area contributed by atoms with Crippen LogP contribution in [0, 0.1) is 0 Å². The number of methoxy groups -OCH3 is 1. The van der Waals surface area contributed by atoms with E-state index in [0.717, 1.165) is 6.42 Å². The minimum absolute atomic E-state index is 0.0527. The number of rotatable bonds is 9. The summed E-state index contributed by atoms with van der Waals surface area (Å²) in [7, 11) is -2.32. The average Bonchev–Trinajstić information content (AvgIpc) is 3.14. The van der Waals surface area contributed by atoms with Crippen molar-refractivity contribution < 1.29 is 22.4 Å². The van der Waals surface area contributed by atoms with Gasteiger partial charge >= 0.3 is 0 Å². The third kappa shape index (κ3) is 5.33. The van der Waals surface area contributed by atoms with Crippen LogP contribution in [-0.2, 0) is 14.8 Å². The number of carbonyl (C=O) groups is 1. The van der Waals surface area contributed by atoms with Gasteiger partial charge in [-0.3, -0.25) is 4.79 Å². The Morgan fingerprint density at radius 3 is 2.52 bits per heavy atom. The molecule has 0 aliphatic heterocycles. The first-order chi connectivity index (χ1) is 12.0. The van der Waals surface area contributed by atoms with E-state index < -0.39 is 16.1 Å². The maximum absolute atomic E-state index is 12.6. The number of sulfonamides is 1. The van der Waals surface area contributed by atoms with E-state index in [4.69, 9.17) is 9.15 Å².